The predicted molar refractivity (Wildman–Crippen MR) is 618 cm³/mol. The Morgan fingerprint density at radius 2 is 0.482 bits per heavy atom. The van der Waals surface area contributed by atoms with E-state index in [1.54, 1.807) is 32.1 Å². The maximum Gasteiger partial charge on any atom is 0.139 e. The lowest BCUT2D eigenvalue weighted by Gasteiger charge is -2.25. The van der Waals surface area contributed by atoms with Gasteiger partial charge in [-0.2, -0.15) is 0 Å². The summed E-state index contributed by atoms with van der Waals surface area (Å²) in [7, 11) is 0. The number of para-hydroxylation sites is 3. The lowest BCUT2D eigenvalue weighted by molar-refractivity contribution is 0.574. The second kappa shape index (κ2) is 38.6. The Bertz CT molecular complexity index is 9060. The number of fused-ring (bicyclic) bond motifs is 18. The average Bonchev–Trinajstić information content (AvgIpc) is 1.56. The van der Waals surface area contributed by atoms with Crippen molar-refractivity contribution < 1.29 is 29.7 Å². The number of hydrogen-bond acceptors (Lipinski definition) is 6. The first-order valence-corrected chi connectivity index (χ1v) is 51.1. The topological polar surface area (TPSA) is 39.4 Å². The standard InChI is InChI=1S/2C23H22O.C23H22S.C22H20O.2C22H20S/c1-15-8-7-9-16(14-15)17-12-13-19-18-10-5-6-11-20(18)24-22(19)21(17)23(2,3)4;1-15-8-7-9-16(14-15)17-12-13-20-21(22(17)23(2,3)4)18-10-5-6-11-19(18)24-20;1-15-8-7-9-16(14-15)17-12-13-19-18-10-5-6-11-20(18)24-22(19)21(17)23(2,3)4;1-22(2,3)21-16(15-9-5-4-6-10-15)13-14-19-20(21)17-11-7-8-12-18(17)23-19;1-22(2,3)20-16(15-9-5-4-6-10-15)13-14-18-17-11-7-8-12-19(17)23-21(18)20;1-22(2,3)21-16(15-9-5-4-6-10-15)13-14-19-20(21)17-11-7-8-12-18(17)23-19/h3*5-14H,1-4H3;3*4-14H,1-3H3/i3*7D,8D,9D,14D;;;. The Kier molecular flexibility index (Phi) is 22.4. The number of benzene rings is 18. The molecular formula is C135H126O3S3. The van der Waals surface area contributed by atoms with Crippen molar-refractivity contribution in [2.24, 2.45) is 0 Å². The molecule has 24 aromatic rings. The molecule has 0 spiro atoms. The normalized spacial score (nSPS) is 13.3. The molecule has 0 N–H and O–H groups in total. The fourth-order valence-corrected chi connectivity index (χ4v) is 24.3. The summed E-state index contributed by atoms with van der Waals surface area (Å²) in [5.41, 5.74) is 24.5. The van der Waals surface area contributed by atoms with E-state index >= 15 is 0 Å². The highest BCUT2D eigenvalue weighted by atomic mass is 32.1. The molecule has 6 heterocycles. The molecule has 6 aromatic heterocycles. The average molecular weight is 1900 g/mol. The number of rotatable bonds is 6. The van der Waals surface area contributed by atoms with Crippen molar-refractivity contribution in [2.45, 2.75) is 178 Å². The molecule has 24 rings (SSSR count). The van der Waals surface area contributed by atoms with Gasteiger partial charge in [-0.1, -0.05) is 463 Å². The van der Waals surface area contributed by atoms with Gasteiger partial charge in [0.1, 0.15) is 33.5 Å². The van der Waals surface area contributed by atoms with Crippen LogP contribution in [0.1, 0.15) is 191 Å². The predicted octanol–water partition coefficient (Wildman–Crippen LogP) is 41.6. The van der Waals surface area contributed by atoms with Crippen LogP contribution in [0.5, 0.6) is 0 Å². The largest absolute Gasteiger partial charge is 0.456 e. The zero-order valence-corrected chi connectivity index (χ0v) is 86.8. The van der Waals surface area contributed by atoms with Gasteiger partial charge in [-0.3, -0.25) is 0 Å². The van der Waals surface area contributed by atoms with Crippen molar-refractivity contribution in [1.82, 2.24) is 0 Å². The summed E-state index contributed by atoms with van der Waals surface area (Å²) in [5.74, 6) is 0. The second-order valence-electron chi connectivity index (χ2n) is 42.9. The third kappa shape index (κ3) is 19.4. The van der Waals surface area contributed by atoms with E-state index in [-0.39, 0.29) is 105 Å². The summed E-state index contributed by atoms with van der Waals surface area (Å²) in [6.45, 7) is 44.8. The van der Waals surface area contributed by atoms with Gasteiger partial charge in [-0.05, 0) is 209 Å². The lowest BCUT2D eigenvalue weighted by Crippen LogP contribution is -2.13. The van der Waals surface area contributed by atoms with E-state index in [0.29, 0.717) is 33.4 Å². The van der Waals surface area contributed by atoms with Crippen LogP contribution in [0.4, 0.5) is 0 Å². The Labute approximate surface area is 860 Å². The molecular weight excluding hydrogens is 1770 g/mol. The first-order valence-electron chi connectivity index (χ1n) is 54.6. The van der Waals surface area contributed by atoms with Gasteiger partial charge in [0, 0.05) is 98.4 Å². The lowest BCUT2D eigenvalue weighted by atomic mass is 9.79. The molecule has 141 heavy (non-hydrogen) atoms. The van der Waals surface area contributed by atoms with Crippen LogP contribution in [0.2, 0.25) is 0 Å². The monoisotopic (exact) mass is 1900 g/mol. The Balaban J connectivity index is 0.000000115. The van der Waals surface area contributed by atoms with E-state index in [4.69, 9.17) is 29.7 Å². The maximum atomic E-state index is 8.61. The van der Waals surface area contributed by atoms with Crippen LogP contribution < -0.4 is 0 Å². The Hall–Kier alpha value is -14.0. The van der Waals surface area contributed by atoms with Crippen LogP contribution in [0.15, 0.2) is 395 Å². The molecule has 6 heteroatoms. The van der Waals surface area contributed by atoms with Crippen LogP contribution in [0.3, 0.4) is 0 Å². The maximum absolute atomic E-state index is 8.61. The third-order valence-corrected chi connectivity index (χ3v) is 29.6. The molecule has 0 saturated heterocycles. The summed E-state index contributed by atoms with van der Waals surface area (Å²) in [4.78, 5) is 0. The SMILES string of the molecule is CC(C)(C)c1c(-c2ccccc2)ccc2c1sc1ccccc12.CC(C)(C)c1c(-c2ccccc2)ccc2oc3ccccc3c12.CC(C)(C)c1c(-c2ccccc2)ccc2sc3ccccc3c12.[2H]c1c([2H])c(C)c([2H])c(-c2ccc3c(oc4ccccc43)c2C(C)(C)C)c1[2H].[2H]c1c([2H])c(C)c([2H])c(-c2ccc3c(sc4ccccc43)c2C(C)(C)C)c1[2H].[2H]c1c([2H])c(C)c([2H])c(-c2ccc3oc4ccccc4c3c2C(C)(C)C)c1[2H]. The minimum atomic E-state index is -0.308. The van der Waals surface area contributed by atoms with Crippen molar-refractivity contribution >= 4 is 160 Å². The molecule has 0 amide bonds. The zero-order chi connectivity index (χ0) is 109. The van der Waals surface area contributed by atoms with Crippen molar-refractivity contribution in [2.75, 3.05) is 0 Å². The van der Waals surface area contributed by atoms with E-state index in [0.717, 1.165) is 88.4 Å². The van der Waals surface area contributed by atoms with Crippen molar-refractivity contribution in [3.05, 3.63) is 432 Å². The first kappa shape index (κ1) is 81.8. The molecule has 702 valence electrons. The van der Waals surface area contributed by atoms with E-state index in [1.807, 2.05) is 126 Å². The van der Waals surface area contributed by atoms with Gasteiger partial charge in [0.15, 0.2) is 0 Å². The fraction of sp³-hybridized carbons (Fsp3) is 0.200. The summed E-state index contributed by atoms with van der Waals surface area (Å²) in [6.07, 6.45) is 0. The van der Waals surface area contributed by atoms with Gasteiger partial charge >= 0.3 is 0 Å². The van der Waals surface area contributed by atoms with Gasteiger partial charge in [-0.25, -0.2) is 0 Å². The van der Waals surface area contributed by atoms with Crippen LogP contribution >= 0.6 is 34.0 Å². The quantitative estimate of drug-likeness (QED) is 0.167. The highest BCUT2D eigenvalue weighted by Gasteiger charge is 2.32. The number of furan rings is 3. The summed E-state index contributed by atoms with van der Waals surface area (Å²) >= 11 is 5.56. The van der Waals surface area contributed by atoms with E-state index in [9.17, 15) is 0 Å². The molecule has 0 radical (unpaired) electrons. The molecule has 0 saturated carbocycles. The van der Waals surface area contributed by atoms with Crippen molar-refractivity contribution in [3.8, 4) is 66.8 Å². The molecule has 3 nitrogen and oxygen atoms in total. The molecule has 0 aliphatic rings. The van der Waals surface area contributed by atoms with E-state index < -0.39 is 0 Å². The molecule has 0 fully saturated rings. The zero-order valence-electron chi connectivity index (χ0n) is 96.4. The number of hydrogen-bond donors (Lipinski definition) is 0. The van der Waals surface area contributed by atoms with Gasteiger partial charge in [0.25, 0.3) is 0 Å². The first-order chi connectivity index (χ1) is 72.5. The summed E-state index contributed by atoms with van der Waals surface area (Å²) in [6, 6.07) is 107. The van der Waals surface area contributed by atoms with Crippen LogP contribution in [-0.4, -0.2) is 0 Å². The summed E-state index contributed by atoms with van der Waals surface area (Å²) in [5, 5.41) is 14.4. The molecule has 0 aliphatic carbocycles. The number of thiophene rings is 3. The van der Waals surface area contributed by atoms with Crippen molar-refractivity contribution in [1.29, 1.82) is 0 Å². The van der Waals surface area contributed by atoms with Gasteiger partial charge < -0.3 is 13.3 Å². The Morgan fingerprint density at radius 1 is 0.199 bits per heavy atom. The van der Waals surface area contributed by atoms with Crippen molar-refractivity contribution in [3.63, 3.8) is 0 Å². The van der Waals surface area contributed by atoms with E-state index in [1.165, 1.54) is 121 Å². The third-order valence-electron chi connectivity index (χ3n) is 26.1. The van der Waals surface area contributed by atoms with Gasteiger partial charge in [0.05, 0.1) is 16.4 Å². The smallest absolute Gasteiger partial charge is 0.139 e. The fourth-order valence-electron chi connectivity index (χ4n) is 20.3. The second-order valence-corrected chi connectivity index (χ2v) is 46.1. The molecule has 0 unspecified atom stereocenters. The summed E-state index contributed by atoms with van der Waals surface area (Å²) < 4.78 is 126. The van der Waals surface area contributed by atoms with Gasteiger partial charge in [0.2, 0.25) is 0 Å². The molecule has 18 aromatic carbocycles. The van der Waals surface area contributed by atoms with Crippen LogP contribution in [0, 0.1) is 20.8 Å². The van der Waals surface area contributed by atoms with Gasteiger partial charge in [-0.15, -0.1) is 34.0 Å². The van der Waals surface area contributed by atoms with Crippen LogP contribution in [0.25, 0.3) is 193 Å². The Morgan fingerprint density at radius 3 is 0.872 bits per heavy atom. The molecule has 0 aliphatic heterocycles. The van der Waals surface area contributed by atoms with Crippen LogP contribution in [-0.2, 0) is 32.5 Å². The highest BCUT2D eigenvalue weighted by Crippen LogP contribution is 2.52. The van der Waals surface area contributed by atoms with E-state index in [2.05, 4.69) is 331 Å². The molecule has 0 atom stereocenters. The highest BCUT2D eigenvalue weighted by molar-refractivity contribution is 7.26. The minimum absolute atomic E-state index is 0.0251. The minimum Gasteiger partial charge on any atom is -0.456 e. The molecule has 0 bridgehead atoms.